The van der Waals surface area contributed by atoms with Crippen LogP contribution in [0.4, 0.5) is 0 Å². The highest BCUT2D eigenvalue weighted by atomic mass is 35.5. The summed E-state index contributed by atoms with van der Waals surface area (Å²) in [4.78, 5) is 12.2. The van der Waals surface area contributed by atoms with Crippen LogP contribution >= 0.6 is 12.4 Å². The lowest BCUT2D eigenvalue weighted by Gasteiger charge is -2.20. The largest absolute Gasteiger partial charge is 0.451 e. The Morgan fingerprint density at radius 1 is 1.30 bits per heavy atom. The van der Waals surface area contributed by atoms with Crippen molar-refractivity contribution in [2.75, 3.05) is 0 Å². The third-order valence-electron chi connectivity index (χ3n) is 4.27. The van der Waals surface area contributed by atoms with Crippen LogP contribution in [0.3, 0.4) is 0 Å². The first kappa shape index (κ1) is 13.5. The molecule has 0 unspecified atom stereocenters. The Morgan fingerprint density at radius 3 is 2.85 bits per heavy atom. The molecule has 2 saturated heterocycles. The minimum absolute atomic E-state index is 0. The standard InChI is InChI=1S/C15H16N2O2.ClH/c18-15(17-12-8-10-5-6-11(12)16-10)14-7-9-3-1-2-4-13(9)19-14;/h1-4,7,10-12,16H,5-6,8H2,(H,17,18);1H/t10-,11+,12-;/m1./s1. The Hall–Kier alpha value is -1.52. The van der Waals surface area contributed by atoms with Crippen molar-refractivity contribution >= 4 is 29.3 Å². The van der Waals surface area contributed by atoms with Crippen LogP contribution in [0.2, 0.25) is 0 Å². The van der Waals surface area contributed by atoms with E-state index in [1.807, 2.05) is 30.3 Å². The molecule has 2 aromatic rings. The molecular formula is C15H17ClN2O2. The summed E-state index contributed by atoms with van der Waals surface area (Å²) in [5.41, 5.74) is 0.763. The van der Waals surface area contributed by atoms with Crippen molar-refractivity contribution in [3.63, 3.8) is 0 Å². The molecule has 5 heteroatoms. The van der Waals surface area contributed by atoms with Crippen LogP contribution in [0.25, 0.3) is 11.0 Å². The average Bonchev–Trinajstić information content (AvgIpc) is 3.12. The van der Waals surface area contributed by atoms with Crippen LogP contribution in [-0.2, 0) is 0 Å². The number of hydrogen-bond donors (Lipinski definition) is 2. The van der Waals surface area contributed by atoms with Gasteiger partial charge in [-0.25, -0.2) is 0 Å². The van der Waals surface area contributed by atoms with E-state index in [2.05, 4.69) is 10.6 Å². The highest BCUT2D eigenvalue weighted by Crippen LogP contribution is 2.28. The van der Waals surface area contributed by atoms with Crippen molar-refractivity contribution in [3.8, 4) is 0 Å². The van der Waals surface area contributed by atoms with Crippen LogP contribution in [-0.4, -0.2) is 24.0 Å². The van der Waals surface area contributed by atoms with Gasteiger partial charge in [-0.3, -0.25) is 4.79 Å². The molecule has 0 spiro atoms. The predicted molar refractivity (Wildman–Crippen MR) is 79.3 cm³/mol. The lowest BCUT2D eigenvalue weighted by molar-refractivity contribution is 0.0905. The summed E-state index contributed by atoms with van der Waals surface area (Å²) < 4.78 is 5.59. The van der Waals surface area contributed by atoms with Gasteiger partial charge in [0.1, 0.15) is 5.58 Å². The summed E-state index contributed by atoms with van der Waals surface area (Å²) in [6.45, 7) is 0. The molecule has 2 fully saturated rings. The highest BCUT2D eigenvalue weighted by molar-refractivity contribution is 5.96. The molecule has 3 atom stereocenters. The van der Waals surface area contributed by atoms with Crippen LogP contribution in [0.5, 0.6) is 0 Å². The molecule has 20 heavy (non-hydrogen) atoms. The molecule has 2 aliphatic heterocycles. The number of benzene rings is 1. The zero-order valence-corrected chi connectivity index (χ0v) is 11.8. The molecule has 2 N–H and O–H groups in total. The fourth-order valence-corrected chi connectivity index (χ4v) is 3.32. The highest BCUT2D eigenvalue weighted by Gasteiger charge is 2.39. The van der Waals surface area contributed by atoms with E-state index in [-0.39, 0.29) is 24.4 Å². The van der Waals surface area contributed by atoms with Crippen molar-refractivity contribution in [2.45, 2.75) is 37.4 Å². The number of carbonyl (C=O) groups is 1. The first-order chi connectivity index (χ1) is 9.29. The fourth-order valence-electron chi connectivity index (χ4n) is 3.32. The van der Waals surface area contributed by atoms with E-state index in [1.54, 1.807) is 0 Å². The van der Waals surface area contributed by atoms with Crippen LogP contribution in [0, 0.1) is 0 Å². The van der Waals surface area contributed by atoms with Crippen molar-refractivity contribution in [3.05, 3.63) is 36.1 Å². The SMILES string of the molecule is Cl.O=C(N[C@@H]1C[C@H]2CC[C@@H]1N2)c1cc2ccccc2o1. The van der Waals surface area contributed by atoms with Gasteiger partial charge >= 0.3 is 0 Å². The van der Waals surface area contributed by atoms with Gasteiger partial charge in [0.2, 0.25) is 0 Å². The second kappa shape index (κ2) is 5.11. The molecule has 4 nitrogen and oxygen atoms in total. The van der Waals surface area contributed by atoms with Gasteiger partial charge in [-0.1, -0.05) is 18.2 Å². The van der Waals surface area contributed by atoms with Crippen LogP contribution < -0.4 is 10.6 Å². The summed E-state index contributed by atoms with van der Waals surface area (Å²) in [6, 6.07) is 10.8. The average molecular weight is 293 g/mol. The molecule has 2 aliphatic rings. The lowest BCUT2D eigenvalue weighted by atomic mass is 9.95. The maximum absolute atomic E-state index is 12.2. The van der Waals surface area contributed by atoms with Crippen LogP contribution in [0.15, 0.2) is 34.7 Å². The Kier molecular flexibility index (Phi) is 3.44. The normalized spacial score (nSPS) is 27.5. The van der Waals surface area contributed by atoms with Gasteiger partial charge < -0.3 is 15.1 Å². The van der Waals surface area contributed by atoms with Crippen molar-refractivity contribution < 1.29 is 9.21 Å². The fraction of sp³-hybridized carbons (Fsp3) is 0.400. The molecule has 0 aliphatic carbocycles. The number of halogens is 1. The first-order valence-electron chi connectivity index (χ1n) is 6.85. The van der Waals surface area contributed by atoms with Gasteiger partial charge in [0.15, 0.2) is 5.76 Å². The first-order valence-corrected chi connectivity index (χ1v) is 6.85. The summed E-state index contributed by atoms with van der Waals surface area (Å²) in [5.74, 6) is 0.305. The number of para-hydroxylation sites is 1. The Labute approximate surface area is 123 Å². The number of nitrogens with one attached hydrogen (secondary N) is 2. The molecule has 4 rings (SSSR count). The van der Waals surface area contributed by atoms with Gasteiger partial charge in [0.05, 0.1) is 0 Å². The summed E-state index contributed by atoms with van der Waals surface area (Å²) >= 11 is 0. The number of rotatable bonds is 2. The Bertz CT molecular complexity index is 607. The van der Waals surface area contributed by atoms with E-state index in [0.717, 1.165) is 23.8 Å². The summed E-state index contributed by atoms with van der Waals surface area (Å²) in [5, 5.41) is 7.58. The predicted octanol–water partition coefficient (Wildman–Crippen LogP) is 2.48. The number of hydrogen-bond acceptors (Lipinski definition) is 3. The minimum Gasteiger partial charge on any atom is -0.451 e. The van der Waals surface area contributed by atoms with E-state index in [9.17, 15) is 4.79 Å². The van der Waals surface area contributed by atoms with Gasteiger partial charge in [-0.15, -0.1) is 12.4 Å². The van der Waals surface area contributed by atoms with Gasteiger partial charge in [-0.05, 0) is 31.4 Å². The molecule has 1 aromatic heterocycles. The monoisotopic (exact) mass is 292 g/mol. The summed E-state index contributed by atoms with van der Waals surface area (Å²) in [6.07, 6.45) is 3.44. The van der Waals surface area contributed by atoms with E-state index < -0.39 is 0 Å². The molecule has 106 valence electrons. The van der Waals surface area contributed by atoms with Gasteiger partial charge in [0.25, 0.3) is 5.91 Å². The van der Waals surface area contributed by atoms with Crippen molar-refractivity contribution in [2.24, 2.45) is 0 Å². The third-order valence-corrected chi connectivity index (χ3v) is 4.27. The minimum atomic E-state index is -0.101. The molecule has 0 radical (unpaired) electrons. The molecule has 1 amide bonds. The van der Waals surface area contributed by atoms with Crippen molar-refractivity contribution in [1.29, 1.82) is 0 Å². The van der Waals surface area contributed by atoms with E-state index >= 15 is 0 Å². The third kappa shape index (κ3) is 2.19. The second-order valence-corrected chi connectivity index (χ2v) is 5.51. The number of amides is 1. The molecule has 3 heterocycles. The molecule has 1 aromatic carbocycles. The number of fused-ring (bicyclic) bond motifs is 3. The van der Waals surface area contributed by atoms with E-state index in [4.69, 9.17) is 4.42 Å². The summed E-state index contributed by atoms with van der Waals surface area (Å²) in [7, 11) is 0. The van der Waals surface area contributed by atoms with E-state index in [1.165, 1.54) is 6.42 Å². The Balaban J connectivity index is 0.00000121. The molecule has 0 saturated carbocycles. The van der Waals surface area contributed by atoms with Crippen LogP contribution in [0.1, 0.15) is 29.8 Å². The van der Waals surface area contributed by atoms with Gasteiger partial charge in [0, 0.05) is 23.5 Å². The second-order valence-electron chi connectivity index (χ2n) is 5.51. The quantitative estimate of drug-likeness (QED) is 0.894. The topological polar surface area (TPSA) is 54.3 Å². The maximum atomic E-state index is 12.2. The maximum Gasteiger partial charge on any atom is 0.287 e. The molecular weight excluding hydrogens is 276 g/mol. The number of furan rings is 1. The molecule has 2 bridgehead atoms. The smallest absolute Gasteiger partial charge is 0.287 e. The van der Waals surface area contributed by atoms with E-state index in [0.29, 0.717) is 17.8 Å². The zero-order valence-electron chi connectivity index (χ0n) is 11.0. The van der Waals surface area contributed by atoms with Gasteiger partial charge in [-0.2, -0.15) is 0 Å². The van der Waals surface area contributed by atoms with Crippen molar-refractivity contribution in [1.82, 2.24) is 10.6 Å². The number of carbonyl (C=O) groups excluding carboxylic acids is 1. The Morgan fingerprint density at radius 2 is 2.15 bits per heavy atom. The lowest BCUT2D eigenvalue weighted by Crippen LogP contribution is -2.42. The zero-order chi connectivity index (χ0) is 12.8.